The first kappa shape index (κ1) is 39.8. The first-order chi connectivity index (χ1) is 34.2. The van der Waals surface area contributed by atoms with Crippen LogP contribution in [0.5, 0.6) is 0 Å². The zero-order valence-electron chi connectivity index (χ0n) is 37.2. The lowest BCUT2D eigenvalue weighted by Crippen LogP contribution is -1.98. The summed E-state index contributed by atoms with van der Waals surface area (Å²) in [6.07, 6.45) is 6.61. The largest absolute Gasteiger partial charge is 0.309 e. The van der Waals surface area contributed by atoms with Gasteiger partial charge >= 0.3 is 0 Å². The van der Waals surface area contributed by atoms with Crippen LogP contribution in [0.2, 0.25) is 0 Å². The van der Waals surface area contributed by atoms with E-state index >= 15 is 0 Å². The normalized spacial score (nSPS) is 12.5. The van der Waals surface area contributed by atoms with Crippen molar-refractivity contribution in [3.63, 3.8) is 0 Å². The minimum absolute atomic E-state index is 0.708. The fraction of sp³-hybridized carbons (Fsp3) is 0.0323. The summed E-state index contributed by atoms with van der Waals surface area (Å²) >= 11 is 3.60. The van der Waals surface area contributed by atoms with Crippen LogP contribution in [0.25, 0.3) is 132 Å². The lowest BCUT2D eigenvalue weighted by molar-refractivity contribution is 1.01. The molecule has 5 nitrogen and oxygen atoms in total. The highest BCUT2D eigenvalue weighted by Crippen LogP contribution is 2.44. The van der Waals surface area contributed by atoms with Gasteiger partial charge in [-0.25, -0.2) is 19.9 Å². The lowest BCUT2D eigenvalue weighted by atomic mass is 9.96. The second-order valence-electron chi connectivity index (χ2n) is 17.6. The maximum Gasteiger partial charge on any atom is 0.160 e. The van der Waals surface area contributed by atoms with Crippen molar-refractivity contribution in [2.45, 2.75) is 12.8 Å². The van der Waals surface area contributed by atoms with Gasteiger partial charge in [-0.05, 0) is 77.6 Å². The zero-order chi connectivity index (χ0) is 45.4. The molecule has 324 valence electrons. The Labute approximate surface area is 406 Å². The number of allylic oxidation sites excluding steroid dienone is 1. The standard InChI is InChI=1S/C62H39N5S2/c1-4-17-38(18-5-1)41-33-34-50-49(37-41)54-46(42-23-14-24-43(35-42)61-63-55(39-19-6-2-7-20-39)59-57(65-61)47-27-10-12-31-52(47)68-59)29-16-30-51(54)67(50)45-26-15-25-44(36-45)62-64-56(40-21-8-3-9-22-40)60-58(66-62)48-28-11-13-32-53(48)69-60/h1-12,14-31,33-37H,13,32H2. The number of hydrogen-bond acceptors (Lipinski definition) is 6. The van der Waals surface area contributed by atoms with Gasteiger partial charge in [-0.3, -0.25) is 0 Å². The van der Waals surface area contributed by atoms with E-state index in [2.05, 4.69) is 217 Å². The molecule has 0 amide bonds. The van der Waals surface area contributed by atoms with Crippen LogP contribution in [0.4, 0.5) is 0 Å². The highest BCUT2D eigenvalue weighted by atomic mass is 32.1. The van der Waals surface area contributed by atoms with Gasteiger partial charge in [0.2, 0.25) is 0 Å². The van der Waals surface area contributed by atoms with Gasteiger partial charge in [0.05, 0.1) is 42.9 Å². The van der Waals surface area contributed by atoms with Crippen LogP contribution in [-0.2, 0) is 6.42 Å². The van der Waals surface area contributed by atoms with Crippen LogP contribution in [0.1, 0.15) is 16.9 Å². The first-order valence-corrected chi connectivity index (χ1v) is 25.0. The third-order valence-electron chi connectivity index (χ3n) is 13.5. The van der Waals surface area contributed by atoms with E-state index in [0.717, 1.165) is 106 Å². The van der Waals surface area contributed by atoms with E-state index in [1.54, 1.807) is 11.3 Å². The Balaban J connectivity index is 0.962. The second kappa shape index (κ2) is 16.2. The van der Waals surface area contributed by atoms with E-state index in [1.165, 1.54) is 37.0 Å². The molecule has 14 rings (SSSR count). The van der Waals surface area contributed by atoms with Crippen molar-refractivity contribution in [1.82, 2.24) is 24.5 Å². The summed E-state index contributed by atoms with van der Waals surface area (Å²) in [6, 6.07) is 71.4. The van der Waals surface area contributed by atoms with E-state index in [-0.39, 0.29) is 0 Å². The van der Waals surface area contributed by atoms with Crippen LogP contribution < -0.4 is 0 Å². The summed E-state index contributed by atoms with van der Waals surface area (Å²) in [5.41, 5.74) is 17.2. The molecular formula is C62H39N5S2. The molecule has 8 aromatic carbocycles. The average Bonchev–Trinajstić information content (AvgIpc) is 4.11. The number of hydrogen-bond donors (Lipinski definition) is 0. The van der Waals surface area contributed by atoms with Crippen LogP contribution in [0, 0.1) is 0 Å². The average molecular weight is 918 g/mol. The Kier molecular flexibility index (Phi) is 9.32. The molecule has 5 aromatic heterocycles. The minimum Gasteiger partial charge on any atom is -0.309 e. The van der Waals surface area contributed by atoms with Gasteiger partial charge in [-0.1, -0.05) is 170 Å². The second-order valence-corrected chi connectivity index (χ2v) is 19.8. The van der Waals surface area contributed by atoms with Gasteiger partial charge in [0.25, 0.3) is 0 Å². The maximum absolute atomic E-state index is 5.37. The van der Waals surface area contributed by atoms with Gasteiger partial charge in [0, 0.05) is 59.2 Å². The smallest absolute Gasteiger partial charge is 0.160 e. The molecule has 7 heteroatoms. The molecule has 0 atom stereocenters. The van der Waals surface area contributed by atoms with E-state index in [9.17, 15) is 0 Å². The summed E-state index contributed by atoms with van der Waals surface area (Å²) in [5, 5.41) is 3.50. The van der Waals surface area contributed by atoms with E-state index < -0.39 is 0 Å². The molecule has 0 aliphatic heterocycles. The molecule has 1 aliphatic rings. The van der Waals surface area contributed by atoms with Crippen molar-refractivity contribution in [2.75, 3.05) is 0 Å². The van der Waals surface area contributed by atoms with Crippen molar-refractivity contribution in [3.05, 3.63) is 217 Å². The number of thiophene rings is 2. The predicted molar refractivity (Wildman–Crippen MR) is 290 cm³/mol. The molecule has 0 unspecified atom stereocenters. The topological polar surface area (TPSA) is 56.5 Å². The molecule has 1 aliphatic carbocycles. The van der Waals surface area contributed by atoms with Crippen LogP contribution >= 0.6 is 22.7 Å². The van der Waals surface area contributed by atoms with Gasteiger partial charge in [0.1, 0.15) is 0 Å². The van der Waals surface area contributed by atoms with Crippen molar-refractivity contribution in [2.24, 2.45) is 0 Å². The molecule has 0 saturated carbocycles. The SMILES string of the molecule is C1=Cc2c(sc3c(-c4ccccc4)nc(-c4cccc(-n5c6ccc(-c7ccccc7)cc6c6c(-c7cccc(-c8nc(-c9ccccc9)c9sc%10ccccc%10c9n8)c7)cccc65)c4)nc23)CC1. The number of rotatable bonds is 7. The Morgan fingerprint density at radius 2 is 1.04 bits per heavy atom. The van der Waals surface area contributed by atoms with Gasteiger partial charge < -0.3 is 4.57 Å². The van der Waals surface area contributed by atoms with E-state index in [4.69, 9.17) is 19.9 Å². The fourth-order valence-corrected chi connectivity index (χ4v) is 12.7. The molecule has 0 radical (unpaired) electrons. The van der Waals surface area contributed by atoms with Gasteiger partial charge in [-0.2, -0.15) is 0 Å². The molecule has 5 heterocycles. The van der Waals surface area contributed by atoms with E-state index in [1.807, 2.05) is 11.3 Å². The Morgan fingerprint density at radius 3 is 1.81 bits per heavy atom. The highest BCUT2D eigenvalue weighted by molar-refractivity contribution is 7.26. The number of aryl methyl sites for hydroxylation is 1. The molecule has 0 N–H and O–H groups in total. The summed E-state index contributed by atoms with van der Waals surface area (Å²) in [7, 11) is 0. The monoisotopic (exact) mass is 917 g/mol. The highest BCUT2D eigenvalue weighted by Gasteiger charge is 2.23. The van der Waals surface area contributed by atoms with Crippen molar-refractivity contribution >= 4 is 81.1 Å². The van der Waals surface area contributed by atoms with Crippen LogP contribution in [-0.4, -0.2) is 24.5 Å². The van der Waals surface area contributed by atoms with Crippen molar-refractivity contribution < 1.29 is 0 Å². The fourth-order valence-electron chi connectivity index (χ4n) is 10.3. The predicted octanol–water partition coefficient (Wildman–Crippen LogP) is 16.9. The van der Waals surface area contributed by atoms with E-state index in [0.29, 0.717) is 5.82 Å². The summed E-state index contributed by atoms with van der Waals surface area (Å²) in [5.74, 6) is 1.43. The number of benzene rings is 8. The number of nitrogens with zero attached hydrogens (tertiary/aromatic N) is 5. The number of aromatic nitrogens is 5. The summed E-state index contributed by atoms with van der Waals surface area (Å²) < 4.78 is 5.86. The van der Waals surface area contributed by atoms with Crippen molar-refractivity contribution in [3.8, 4) is 73.2 Å². The summed E-state index contributed by atoms with van der Waals surface area (Å²) in [4.78, 5) is 22.8. The molecule has 13 aromatic rings. The first-order valence-electron chi connectivity index (χ1n) is 23.3. The lowest BCUT2D eigenvalue weighted by Gasteiger charge is -2.12. The molecule has 0 spiro atoms. The number of fused-ring (bicyclic) bond motifs is 9. The molecule has 0 saturated heterocycles. The summed E-state index contributed by atoms with van der Waals surface area (Å²) in [6.45, 7) is 0. The molecule has 0 bridgehead atoms. The third-order valence-corrected chi connectivity index (χ3v) is 15.9. The van der Waals surface area contributed by atoms with Gasteiger partial charge in [-0.15, -0.1) is 22.7 Å². The Morgan fingerprint density at radius 1 is 0.420 bits per heavy atom. The third kappa shape index (κ3) is 6.65. The molecule has 0 fully saturated rings. The van der Waals surface area contributed by atoms with Gasteiger partial charge in [0.15, 0.2) is 11.6 Å². The molecular weight excluding hydrogens is 879 g/mol. The minimum atomic E-state index is 0.708. The maximum atomic E-state index is 5.37. The zero-order valence-corrected chi connectivity index (χ0v) is 38.8. The molecule has 69 heavy (non-hydrogen) atoms. The van der Waals surface area contributed by atoms with Crippen LogP contribution in [0.15, 0.2) is 206 Å². The quantitative estimate of drug-likeness (QED) is 0.160. The van der Waals surface area contributed by atoms with Crippen molar-refractivity contribution in [1.29, 1.82) is 0 Å². The Bertz CT molecular complexity index is 4190. The Hall–Kier alpha value is -8.36. The van der Waals surface area contributed by atoms with Crippen LogP contribution in [0.3, 0.4) is 0 Å².